The van der Waals surface area contributed by atoms with Crippen LogP contribution in [0.2, 0.25) is 0 Å². The van der Waals surface area contributed by atoms with E-state index in [0.29, 0.717) is 39.1 Å². The molecule has 7 nitrogen and oxygen atoms in total. The number of rotatable bonds is 5. The minimum absolute atomic E-state index is 0.0384. The molecule has 4 rings (SSSR count). The number of amides is 1. The van der Waals surface area contributed by atoms with Gasteiger partial charge in [-0.15, -0.1) is 10.2 Å². The van der Waals surface area contributed by atoms with Crippen molar-refractivity contribution in [3.05, 3.63) is 42.5 Å². The predicted molar refractivity (Wildman–Crippen MR) is 118 cm³/mol. The van der Waals surface area contributed by atoms with Crippen molar-refractivity contribution in [2.75, 3.05) is 37.7 Å². The quantitative estimate of drug-likeness (QED) is 0.689. The summed E-state index contributed by atoms with van der Waals surface area (Å²) in [7, 11) is 0. The zero-order valence-corrected chi connectivity index (χ0v) is 18.1. The molecule has 3 heterocycles. The summed E-state index contributed by atoms with van der Waals surface area (Å²) in [5.41, 5.74) is 1.89. The third kappa shape index (κ3) is 5.03. The number of ether oxygens (including phenoxy) is 1. The molecule has 31 heavy (non-hydrogen) atoms. The first-order chi connectivity index (χ1) is 15.2. The van der Waals surface area contributed by atoms with Crippen LogP contribution in [0.3, 0.4) is 0 Å². The van der Waals surface area contributed by atoms with Crippen LogP contribution in [0.25, 0.3) is 11.3 Å². The normalized spacial score (nSPS) is 19.8. The maximum atomic E-state index is 13.1. The number of carbonyl (C=O) groups excluding carboxylic acids is 2. The Bertz CT molecular complexity index is 879. The molecule has 2 aliphatic heterocycles. The van der Waals surface area contributed by atoms with Gasteiger partial charge in [-0.05, 0) is 44.7 Å². The van der Waals surface area contributed by atoms with Gasteiger partial charge in [0.05, 0.1) is 24.1 Å². The molecule has 2 aromatic rings. The van der Waals surface area contributed by atoms with Crippen molar-refractivity contribution < 1.29 is 14.3 Å². The largest absolute Gasteiger partial charge is 0.466 e. The third-order valence-electron chi connectivity index (χ3n) is 6.24. The highest BCUT2D eigenvalue weighted by atomic mass is 16.5. The van der Waals surface area contributed by atoms with Crippen molar-refractivity contribution in [3.8, 4) is 11.3 Å². The van der Waals surface area contributed by atoms with Gasteiger partial charge in [-0.3, -0.25) is 9.59 Å². The first-order valence-electron chi connectivity index (χ1n) is 11.2. The minimum Gasteiger partial charge on any atom is -0.466 e. The van der Waals surface area contributed by atoms with E-state index in [4.69, 9.17) is 4.74 Å². The van der Waals surface area contributed by atoms with Crippen LogP contribution in [0, 0.1) is 11.8 Å². The van der Waals surface area contributed by atoms with E-state index in [-0.39, 0.29) is 23.7 Å². The van der Waals surface area contributed by atoms with Crippen molar-refractivity contribution in [1.82, 2.24) is 15.1 Å². The molecule has 0 saturated carbocycles. The second-order valence-corrected chi connectivity index (χ2v) is 8.28. The standard InChI is InChI=1S/C24H30N4O3/c1-2-31-24(30)19-12-15-27(16-13-19)23(29)20-9-6-14-28(17-20)22-11-10-21(25-26-22)18-7-4-3-5-8-18/h3-5,7-8,10-11,19-20H,2,6,9,12-17H2,1H3/t20-/m0/s1. The number of piperidine rings is 2. The van der Waals surface area contributed by atoms with E-state index in [0.717, 1.165) is 36.5 Å². The van der Waals surface area contributed by atoms with Gasteiger partial charge in [0.25, 0.3) is 0 Å². The fourth-order valence-electron chi connectivity index (χ4n) is 4.50. The molecule has 1 aromatic heterocycles. The molecule has 0 spiro atoms. The van der Waals surface area contributed by atoms with Crippen molar-refractivity contribution >= 4 is 17.7 Å². The van der Waals surface area contributed by atoms with Crippen LogP contribution in [-0.2, 0) is 14.3 Å². The molecule has 2 saturated heterocycles. The summed E-state index contributed by atoms with van der Waals surface area (Å²) < 4.78 is 5.13. The molecule has 0 radical (unpaired) electrons. The van der Waals surface area contributed by atoms with E-state index in [1.807, 2.05) is 54.3 Å². The maximum absolute atomic E-state index is 13.1. The van der Waals surface area contributed by atoms with Crippen LogP contribution in [-0.4, -0.2) is 59.8 Å². The molecular weight excluding hydrogens is 392 g/mol. The lowest BCUT2D eigenvalue weighted by Gasteiger charge is -2.37. The fraction of sp³-hybridized carbons (Fsp3) is 0.500. The van der Waals surface area contributed by atoms with Crippen LogP contribution in [0.4, 0.5) is 5.82 Å². The Balaban J connectivity index is 1.34. The molecule has 0 aliphatic carbocycles. The summed E-state index contributed by atoms with van der Waals surface area (Å²) in [4.78, 5) is 29.2. The lowest BCUT2D eigenvalue weighted by atomic mass is 9.93. The molecule has 1 aromatic carbocycles. The van der Waals surface area contributed by atoms with Gasteiger partial charge in [0.15, 0.2) is 5.82 Å². The third-order valence-corrected chi connectivity index (χ3v) is 6.24. The second-order valence-electron chi connectivity index (χ2n) is 8.28. The van der Waals surface area contributed by atoms with E-state index in [1.165, 1.54) is 0 Å². The number of anilines is 1. The van der Waals surface area contributed by atoms with Crippen LogP contribution < -0.4 is 4.90 Å². The van der Waals surface area contributed by atoms with E-state index in [1.54, 1.807) is 0 Å². The number of likely N-dealkylation sites (tertiary alicyclic amines) is 1. The smallest absolute Gasteiger partial charge is 0.309 e. The Morgan fingerprint density at radius 1 is 0.968 bits per heavy atom. The summed E-state index contributed by atoms with van der Waals surface area (Å²) in [6.45, 7) is 5.04. The molecular formula is C24H30N4O3. The first-order valence-corrected chi connectivity index (χ1v) is 11.2. The van der Waals surface area contributed by atoms with Gasteiger partial charge in [0.2, 0.25) is 5.91 Å². The van der Waals surface area contributed by atoms with Crippen molar-refractivity contribution in [3.63, 3.8) is 0 Å². The topological polar surface area (TPSA) is 75.6 Å². The number of nitrogens with zero attached hydrogens (tertiary/aromatic N) is 4. The zero-order valence-electron chi connectivity index (χ0n) is 18.1. The number of aromatic nitrogens is 2. The molecule has 0 bridgehead atoms. The molecule has 2 fully saturated rings. The highest BCUT2D eigenvalue weighted by molar-refractivity contribution is 5.80. The molecule has 0 N–H and O–H groups in total. The Morgan fingerprint density at radius 3 is 2.42 bits per heavy atom. The fourth-order valence-corrected chi connectivity index (χ4v) is 4.50. The zero-order chi connectivity index (χ0) is 21.6. The van der Waals surface area contributed by atoms with E-state index < -0.39 is 0 Å². The lowest BCUT2D eigenvalue weighted by molar-refractivity contribution is -0.151. The number of hydrogen-bond donors (Lipinski definition) is 0. The highest BCUT2D eigenvalue weighted by Crippen LogP contribution is 2.26. The molecule has 2 aliphatic rings. The number of benzene rings is 1. The monoisotopic (exact) mass is 422 g/mol. The molecule has 164 valence electrons. The van der Waals surface area contributed by atoms with Crippen LogP contribution in [0.15, 0.2) is 42.5 Å². The molecule has 7 heteroatoms. The van der Waals surface area contributed by atoms with E-state index in [9.17, 15) is 9.59 Å². The molecule has 1 amide bonds. The summed E-state index contributed by atoms with van der Waals surface area (Å²) in [6.07, 6.45) is 3.22. The van der Waals surface area contributed by atoms with Crippen molar-refractivity contribution in [1.29, 1.82) is 0 Å². The summed E-state index contributed by atoms with van der Waals surface area (Å²) in [5, 5.41) is 8.82. The summed E-state index contributed by atoms with van der Waals surface area (Å²) in [5.74, 6) is 0.767. The van der Waals surface area contributed by atoms with Gasteiger partial charge in [-0.1, -0.05) is 30.3 Å². The summed E-state index contributed by atoms with van der Waals surface area (Å²) >= 11 is 0. The molecule has 1 atom stereocenters. The van der Waals surface area contributed by atoms with Gasteiger partial charge in [-0.25, -0.2) is 0 Å². The van der Waals surface area contributed by atoms with Crippen LogP contribution in [0.1, 0.15) is 32.6 Å². The predicted octanol–water partition coefficient (Wildman–Crippen LogP) is 3.16. The van der Waals surface area contributed by atoms with Crippen LogP contribution in [0.5, 0.6) is 0 Å². The number of hydrogen-bond acceptors (Lipinski definition) is 6. The van der Waals surface area contributed by atoms with Crippen molar-refractivity contribution in [2.45, 2.75) is 32.6 Å². The van der Waals surface area contributed by atoms with Gasteiger partial charge in [0, 0.05) is 31.7 Å². The molecule has 0 unspecified atom stereocenters. The first kappa shape index (κ1) is 21.3. The Morgan fingerprint density at radius 2 is 1.74 bits per heavy atom. The summed E-state index contributed by atoms with van der Waals surface area (Å²) in [6, 6.07) is 14.0. The average Bonchev–Trinajstić information content (AvgIpc) is 2.84. The lowest BCUT2D eigenvalue weighted by Crippen LogP contribution is -2.48. The second kappa shape index (κ2) is 9.90. The Labute approximate surface area is 183 Å². The Hall–Kier alpha value is -2.96. The maximum Gasteiger partial charge on any atom is 0.309 e. The number of carbonyl (C=O) groups is 2. The van der Waals surface area contributed by atoms with Gasteiger partial charge in [0.1, 0.15) is 0 Å². The Kier molecular flexibility index (Phi) is 6.79. The SMILES string of the molecule is CCOC(=O)C1CCN(C(=O)[C@H]2CCCN(c3ccc(-c4ccccc4)nn3)C2)CC1. The van der Waals surface area contributed by atoms with E-state index in [2.05, 4.69) is 15.1 Å². The minimum atomic E-state index is -0.129. The van der Waals surface area contributed by atoms with Crippen LogP contribution >= 0.6 is 0 Å². The van der Waals surface area contributed by atoms with Crippen molar-refractivity contribution in [2.24, 2.45) is 11.8 Å². The highest BCUT2D eigenvalue weighted by Gasteiger charge is 2.33. The average molecular weight is 423 g/mol. The number of esters is 1. The van der Waals surface area contributed by atoms with E-state index >= 15 is 0 Å². The van der Waals surface area contributed by atoms with Gasteiger partial charge in [-0.2, -0.15) is 0 Å². The van der Waals surface area contributed by atoms with Gasteiger partial charge < -0.3 is 14.5 Å². The van der Waals surface area contributed by atoms with Gasteiger partial charge >= 0.3 is 5.97 Å².